The lowest BCUT2D eigenvalue weighted by Gasteiger charge is -2.16. The molecule has 0 spiro atoms. The van der Waals surface area contributed by atoms with Crippen LogP contribution < -0.4 is 14.8 Å². The van der Waals surface area contributed by atoms with Crippen LogP contribution in [0.15, 0.2) is 67.6 Å². The number of hydrogen-bond donors (Lipinski definition) is 1. The van der Waals surface area contributed by atoms with E-state index in [0.717, 1.165) is 27.6 Å². The van der Waals surface area contributed by atoms with Crippen LogP contribution in [0.1, 0.15) is 13.8 Å². The molecule has 0 saturated heterocycles. The van der Waals surface area contributed by atoms with Crippen molar-refractivity contribution in [1.82, 2.24) is 14.5 Å². The van der Waals surface area contributed by atoms with Gasteiger partial charge in [-0.3, -0.25) is 18.4 Å². The Hall–Kier alpha value is -4.02. The summed E-state index contributed by atoms with van der Waals surface area (Å²) in [4.78, 5) is 20.9. The second-order valence-electron chi connectivity index (χ2n) is 8.38. The van der Waals surface area contributed by atoms with Gasteiger partial charge in [0, 0.05) is 52.9 Å². The molecule has 0 bridgehead atoms. The molecular formula is C28H31N4O7P. The maximum Gasteiger partial charge on any atom is 0.476 e. The molecular weight excluding hydrogens is 535 g/mol. The topological polar surface area (TPSA) is 123 Å². The summed E-state index contributed by atoms with van der Waals surface area (Å²) in [5, 5.41) is 3.56. The predicted molar refractivity (Wildman–Crippen MR) is 152 cm³/mol. The number of fused-ring (bicyclic) bond motifs is 1. The third-order valence-electron chi connectivity index (χ3n) is 5.83. The van der Waals surface area contributed by atoms with Gasteiger partial charge >= 0.3 is 7.82 Å². The summed E-state index contributed by atoms with van der Waals surface area (Å²) >= 11 is 0. The molecule has 0 aliphatic heterocycles. The van der Waals surface area contributed by atoms with Gasteiger partial charge in [-0.25, -0.2) is 14.5 Å². The summed E-state index contributed by atoms with van der Waals surface area (Å²) in [5.74, 6) is 0.672. The SMILES string of the molecule is C=CC(=O)Nc1cc(OC)cc(-c2cnc3c(c2)c(-c2ccnc(OC)c2)cn3COP(=O)(OCC)OCC)c1. The fourth-order valence-corrected chi connectivity index (χ4v) is 5.18. The molecule has 0 aliphatic rings. The minimum atomic E-state index is -3.76. The molecule has 11 nitrogen and oxygen atoms in total. The van der Waals surface area contributed by atoms with Crippen molar-refractivity contribution in [1.29, 1.82) is 0 Å². The summed E-state index contributed by atoms with van der Waals surface area (Å²) in [5.41, 5.74) is 4.32. The lowest BCUT2D eigenvalue weighted by Crippen LogP contribution is -2.07. The smallest absolute Gasteiger partial charge is 0.476 e. The number of carbonyl (C=O) groups excluding carboxylic acids is 1. The van der Waals surface area contributed by atoms with Crippen molar-refractivity contribution in [3.8, 4) is 33.9 Å². The Morgan fingerprint density at radius 2 is 1.77 bits per heavy atom. The zero-order valence-electron chi connectivity index (χ0n) is 22.7. The molecule has 0 unspecified atom stereocenters. The van der Waals surface area contributed by atoms with Gasteiger partial charge in [0.25, 0.3) is 0 Å². The zero-order valence-corrected chi connectivity index (χ0v) is 23.6. The van der Waals surface area contributed by atoms with Gasteiger partial charge in [0.15, 0.2) is 0 Å². The quantitative estimate of drug-likeness (QED) is 0.152. The Balaban J connectivity index is 1.83. The zero-order chi connectivity index (χ0) is 28.7. The van der Waals surface area contributed by atoms with Crippen LogP contribution in [-0.2, 0) is 29.7 Å². The van der Waals surface area contributed by atoms with Crippen molar-refractivity contribution in [3.63, 3.8) is 0 Å². The molecule has 1 N–H and O–H groups in total. The van der Waals surface area contributed by atoms with Gasteiger partial charge in [0.05, 0.1) is 27.4 Å². The molecule has 0 aliphatic carbocycles. The summed E-state index contributed by atoms with van der Waals surface area (Å²) in [6, 6.07) is 11.0. The van der Waals surface area contributed by atoms with Gasteiger partial charge < -0.3 is 19.4 Å². The summed E-state index contributed by atoms with van der Waals surface area (Å²) in [7, 11) is -0.656. The Labute approximate surface area is 232 Å². The van der Waals surface area contributed by atoms with Crippen molar-refractivity contribution in [2.24, 2.45) is 0 Å². The van der Waals surface area contributed by atoms with Crippen LogP contribution in [0.3, 0.4) is 0 Å². The van der Waals surface area contributed by atoms with E-state index in [1.54, 1.807) is 51.1 Å². The van der Waals surface area contributed by atoms with Crippen LogP contribution in [0.4, 0.5) is 5.69 Å². The van der Waals surface area contributed by atoms with Gasteiger partial charge in [0.1, 0.15) is 18.1 Å². The number of benzene rings is 1. The van der Waals surface area contributed by atoms with E-state index in [1.807, 2.05) is 36.5 Å². The highest BCUT2D eigenvalue weighted by molar-refractivity contribution is 7.48. The first-order valence-electron chi connectivity index (χ1n) is 12.5. The van der Waals surface area contributed by atoms with Crippen molar-refractivity contribution < 1.29 is 32.4 Å². The molecule has 3 aromatic heterocycles. The van der Waals surface area contributed by atoms with Gasteiger partial charge in [-0.05, 0) is 55.3 Å². The van der Waals surface area contributed by atoms with Crippen molar-refractivity contribution in [2.45, 2.75) is 20.6 Å². The maximum atomic E-state index is 12.9. The number of ether oxygens (including phenoxy) is 2. The van der Waals surface area contributed by atoms with E-state index in [9.17, 15) is 9.36 Å². The number of phosphoric ester groups is 1. The maximum absolute atomic E-state index is 12.9. The Bertz CT molecular complexity index is 1560. The van der Waals surface area contributed by atoms with Crippen LogP contribution in [0.2, 0.25) is 0 Å². The number of anilines is 1. The van der Waals surface area contributed by atoms with Gasteiger partial charge in [-0.2, -0.15) is 0 Å². The second-order valence-corrected chi connectivity index (χ2v) is 10.0. The molecule has 1 aromatic carbocycles. The van der Waals surface area contributed by atoms with E-state index in [0.29, 0.717) is 23.0 Å². The largest absolute Gasteiger partial charge is 0.497 e. The number of phosphoric acid groups is 1. The van der Waals surface area contributed by atoms with Crippen molar-refractivity contribution in [2.75, 3.05) is 32.8 Å². The molecule has 0 radical (unpaired) electrons. The minimum Gasteiger partial charge on any atom is -0.497 e. The normalized spacial score (nSPS) is 11.4. The van der Waals surface area contributed by atoms with Gasteiger partial charge in [-0.15, -0.1) is 0 Å². The average Bonchev–Trinajstić information content (AvgIpc) is 3.34. The molecule has 210 valence electrons. The lowest BCUT2D eigenvalue weighted by atomic mass is 10.0. The number of nitrogens with zero attached hydrogens (tertiary/aromatic N) is 3. The van der Waals surface area contributed by atoms with Gasteiger partial charge in [-0.1, -0.05) is 6.58 Å². The Kier molecular flexibility index (Phi) is 9.34. The first kappa shape index (κ1) is 29.0. The number of methoxy groups -OCH3 is 2. The lowest BCUT2D eigenvalue weighted by molar-refractivity contribution is -0.111. The molecule has 4 aromatic rings. The Morgan fingerprint density at radius 3 is 2.45 bits per heavy atom. The summed E-state index contributed by atoms with van der Waals surface area (Å²) in [6.45, 7) is 7.15. The Morgan fingerprint density at radius 1 is 1.00 bits per heavy atom. The number of hydrogen-bond acceptors (Lipinski definition) is 9. The highest BCUT2D eigenvalue weighted by atomic mass is 31.2. The van der Waals surface area contributed by atoms with E-state index in [-0.39, 0.29) is 25.9 Å². The van der Waals surface area contributed by atoms with Crippen molar-refractivity contribution >= 4 is 30.5 Å². The second kappa shape index (κ2) is 12.9. The van der Waals surface area contributed by atoms with Crippen LogP contribution in [0, 0.1) is 0 Å². The number of aromatic nitrogens is 3. The third-order valence-corrected chi connectivity index (χ3v) is 7.41. The van der Waals surface area contributed by atoms with Crippen LogP contribution in [0.25, 0.3) is 33.3 Å². The van der Waals surface area contributed by atoms with Crippen LogP contribution >= 0.6 is 7.82 Å². The first-order valence-corrected chi connectivity index (χ1v) is 13.9. The van der Waals surface area contributed by atoms with Crippen molar-refractivity contribution in [3.05, 3.63) is 67.6 Å². The van der Waals surface area contributed by atoms with E-state index in [1.165, 1.54) is 6.08 Å². The molecule has 4 rings (SSSR count). The van der Waals surface area contributed by atoms with E-state index >= 15 is 0 Å². The third kappa shape index (κ3) is 6.57. The van der Waals surface area contributed by atoms with Crippen LogP contribution in [-0.4, -0.2) is 47.9 Å². The number of nitrogens with one attached hydrogen (secondary N) is 1. The molecule has 12 heteroatoms. The minimum absolute atomic E-state index is 0.126. The molecule has 0 atom stereocenters. The summed E-state index contributed by atoms with van der Waals surface area (Å²) < 4.78 is 41.6. The number of amides is 1. The van der Waals surface area contributed by atoms with E-state index in [4.69, 9.17) is 28.0 Å². The highest BCUT2D eigenvalue weighted by Gasteiger charge is 2.26. The molecule has 3 heterocycles. The standard InChI is InChI=1S/C28H31N4O7P/c1-6-26(33)31-22-11-20(12-23(15-22)35-4)21-13-24-25(19-9-10-29-27(14-19)36-5)17-32(28(24)30-16-21)18-39-40(34,37-7-2)38-8-3/h6,9-17H,1,7-8,18H2,2-5H3,(H,31,33). The predicted octanol–water partition coefficient (Wildman–Crippen LogP) is 6.06. The number of pyridine rings is 2. The highest BCUT2D eigenvalue weighted by Crippen LogP contribution is 2.49. The number of carbonyl (C=O) groups is 1. The number of rotatable bonds is 13. The summed E-state index contributed by atoms with van der Waals surface area (Å²) in [6.07, 6.45) is 6.40. The van der Waals surface area contributed by atoms with E-state index < -0.39 is 7.82 Å². The fraction of sp³-hybridized carbons (Fsp3) is 0.250. The first-order chi connectivity index (χ1) is 19.3. The molecule has 0 saturated carbocycles. The average molecular weight is 567 g/mol. The molecule has 0 fully saturated rings. The molecule has 40 heavy (non-hydrogen) atoms. The monoisotopic (exact) mass is 566 g/mol. The fourth-order valence-electron chi connectivity index (χ4n) is 4.06. The molecule has 1 amide bonds. The van der Waals surface area contributed by atoms with E-state index in [2.05, 4.69) is 16.9 Å². The van der Waals surface area contributed by atoms with Gasteiger partial charge in [0.2, 0.25) is 11.8 Å². The van der Waals surface area contributed by atoms with Crippen LogP contribution in [0.5, 0.6) is 11.6 Å².